The minimum atomic E-state index is -0.394. The van der Waals surface area contributed by atoms with Gasteiger partial charge in [-0.15, -0.1) is 0 Å². The largest absolute Gasteiger partial charge is 0.503 e. The first-order chi connectivity index (χ1) is 13.6. The molecule has 0 fully saturated rings. The standard InChI is InChI=1S/C21H14BrFN2O3/c1-27-18-9-7-14(22)19(20(18)26)24-11-12-6-8-17-16(10-12)25-21(28-17)13-4-2-3-5-15(13)23/h2-11,26H,1H3. The molecular formula is C21H14BrFN2O3. The number of aromatic hydroxyl groups is 1. The van der Waals surface area contributed by atoms with Gasteiger partial charge in [0.2, 0.25) is 5.89 Å². The maximum absolute atomic E-state index is 14.0. The molecule has 0 bridgehead atoms. The van der Waals surface area contributed by atoms with E-state index in [4.69, 9.17) is 9.15 Å². The van der Waals surface area contributed by atoms with Crippen molar-refractivity contribution >= 4 is 38.9 Å². The minimum Gasteiger partial charge on any atom is -0.503 e. The molecule has 1 heterocycles. The van der Waals surface area contributed by atoms with Gasteiger partial charge in [0.25, 0.3) is 0 Å². The van der Waals surface area contributed by atoms with E-state index in [1.54, 1.807) is 54.7 Å². The molecule has 0 radical (unpaired) electrons. The van der Waals surface area contributed by atoms with E-state index >= 15 is 0 Å². The van der Waals surface area contributed by atoms with Crippen molar-refractivity contribution in [2.75, 3.05) is 7.11 Å². The van der Waals surface area contributed by atoms with E-state index in [9.17, 15) is 9.50 Å². The zero-order valence-electron chi connectivity index (χ0n) is 14.7. The Balaban J connectivity index is 1.70. The molecule has 28 heavy (non-hydrogen) atoms. The topological polar surface area (TPSA) is 67.9 Å². The van der Waals surface area contributed by atoms with Crippen molar-refractivity contribution in [3.63, 3.8) is 0 Å². The van der Waals surface area contributed by atoms with Crippen LogP contribution in [0.4, 0.5) is 10.1 Å². The fraction of sp³-hybridized carbons (Fsp3) is 0.0476. The number of aliphatic imine (C=N–C) groups is 1. The fourth-order valence-corrected chi connectivity index (χ4v) is 3.16. The average molecular weight is 441 g/mol. The lowest BCUT2D eigenvalue weighted by atomic mass is 10.2. The molecule has 0 aliphatic carbocycles. The van der Waals surface area contributed by atoms with Crippen molar-refractivity contribution in [2.45, 2.75) is 0 Å². The van der Waals surface area contributed by atoms with E-state index in [1.165, 1.54) is 13.2 Å². The monoisotopic (exact) mass is 440 g/mol. The molecule has 0 aliphatic rings. The smallest absolute Gasteiger partial charge is 0.230 e. The molecule has 4 rings (SSSR count). The summed E-state index contributed by atoms with van der Waals surface area (Å²) in [6.07, 6.45) is 1.59. The summed E-state index contributed by atoms with van der Waals surface area (Å²) in [4.78, 5) is 8.72. The molecule has 3 aromatic carbocycles. The van der Waals surface area contributed by atoms with Gasteiger partial charge in [-0.1, -0.05) is 12.1 Å². The molecule has 0 saturated carbocycles. The van der Waals surface area contributed by atoms with Gasteiger partial charge in [0.05, 0.1) is 12.7 Å². The van der Waals surface area contributed by atoms with Crippen LogP contribution in [-0.4, -0.2) is 23.4 Å². The molecule has 5 nitrogen and oxygen atoms in total. The van der Waals surface area contributed by atoms with Crippen molar-refractivity contribution in [3.05, 3.63) is 70.5 Å². The average Bonchev–Trinajstić information content (AvgIpc) is 3.11. The zero-order valence-corrected chi connectivity index (χ0v) is 16.3. The minimum absolute atomic E-state index is 0.0579. The van der Waals surface area contributed by atoms with E-state index < -0.39 is 5.82 Å². The number of oxazole rings is 1. The molecular weight excluding hydrogens is 427 g/mol. The van der Waals surface area contributed by atoms with E-state index in [0.717, 1.165) is 5.56 Å². The fourth-order valence-electron chi connectivity index (χ4n) is 2.74. The predicted molar refractivity (Wildman–Crippen MR) is 109 cm³/mol. The van der Waals surface area contributed by atoms with Crippen LogP contribution in [0.15, 0.2) is 68.5 Å². The van der Waals surface area contributed by atoms with Crippen LogP contribution in [0.25, 0.3) is 22.6 Å². The molecule has 0 unspecified atom stereocenters. The zero-order chi connectivity index (χ0) is 19.7. The van der Waals surface area contributed by atoms with E-state index in [2.05, 4.69) is 25.9 Å². The highest BCUT2D eigenvalue weighted by atomic mass is 79.9. The maximum atomic E-state index is 14.0. The van der Waals surface area contributed by atoms with Crippen molar-refractivity contribution in [1.29, 1.82) is 0 Å². The summed E-state index contributed by atoms with van der Waals surface area (Å²) in [6.45, 7) is 0. The number of halogens is 2. The van der Waals surface area contributed by atoms with Crippen LogP contribution in [0.2, 0.25) is 0 Å². The lowest BCUT2D eigenvalue weighted by Crippen LogP contribution is -1.85. The Morgan fingerprint density at radius 2 is 2.00 bits per heavy atom. The molecule has 7 heteroatoms. The van der Waals surface area contributed by atoms with Crippen LogP contribution in [-0.2, 0) is 0 Å². The molecule has 0 spiro atoms. The van der Waals surface area contributed by atoms with Crippen LogP contribution in [0.1, 0.15) is 5.56 Å². The number of phenolic OH excluding ortho intramolecular Hbond substituents is 1. The molecule has 0 atom stereocenters. The second kappa shape index (κ2) is 7.44. The Hall–Kier alpha value is -3.19. The van der Waals surface area contributed by atoms with Crippen molar-refractivity contribution in [2.24, 2.45) is 4.99 Å². The summed E-state index contributed by atoms with van der Waals surface area (Å²) in [5.41, 5.74) is 2.53. The number of rotatable bonds is 4. The second-order valence-electron chi connectivity index (χ2n) is 5.93. The molecule has 1 N–H and O–H groups in total. The van der Waals surface area contributed by atoms with Crippen LogP contribution in [0.3, 0.4) is 0 Å². The number of hydrogen-bond donors (Lipinski definition) is 1. The van der Waals surface area contributed by atoms with Gasteiger partial charge in [-0.05, 0) is 64.0 Å². The first kappa shape index (κ1) is 18.2. The van der Waals surface area contributed by atoms with Gasteiger partial charge in [0, 0.05) is 10.7 Å². The summed E-state index contributed by atoms with van der Waals surface area (Å²) in [6, 6.07) is 15.0. The maximum Gasteiger partial charge on any atom is 0.230 e. The molecule has 1 aromatic heterocycles. The Bertz CT molecular complexity index is 1200. The third-order valence-corrected chi connectivity index (χ3v) is 4.78. The summed E-state index contributed by atoms with van der Waals surface area (Å²) in [7, 11) is 1.47. The van der Waals surface area contributed by atoms with Gasteiger partial charge < -0.3 is 14.3 Å². The van der Waals surface area contributed by atoms with E-state index in [1.807, 2.05) is 0 Å². The number of hydrogen-bond acceptors (Lipinski definition) is 5. The van der Waals surface area contributed by atoms with Crippen LogP contribution < -0.4 is 4.74 Å². The number of ether oxygens (including phenoxy) is 1. The quantitative estimate of drug-likeness (QED) is 0.403. The normalized spacial score (nSPS) is 11.4. The van der Waals surface area contributed by atoms with Crippen molar-refractivity contribution in [1.82, 2.24) is 4.98 Å². The molecule has 0 saturated heterocycles. The Kier molecular flexibility index (Phi) is 4.83. The number of nitrogens with zero attached hydrogens (tertiary/aromatic N) is 2. The van der Waals surface area contributed by atoms with Gasteiger partial charge in [-0.25, -0.2) is 9.37 Å². The van der Waals surface area contributed by atoms with E-state index in [0.29, 0.717) is 32.6 Å². The Morgan fingerprint density at radius 1 is 1.18 bits per heavy atom. The van der Waals surface area contributed by atoms with Gasteiger partial charge in [0.1, 0.15) is 17.0 Å². The van der Waals surface area contributed by atoms with Crippen molar-refractivity contribution in [3.8, 4) is 23.0 Å². The molecule has 4 aromatic rings. The highest BCUT2D eigenvalue weighted by Crippen LogP contribution is 2.41. The highest BCUT2D eigenvalue weighted by molar-refractivity contribution is 9.10. The Morgan fingerprint density at radius 3 is 2.79 bits per heavy atom. The second-order valence-corrected chi connectivity index (χ2v) is 6.79. The lowest BCUT2D eigenvalue weighted by molar-refractivity contribution is 0.374. The predicted octanol–water partition coefficient (Wildman–Crippen LogP) is 5.86. The summed E-state index contributed by atoms with van der Waals surface area (Å²) >= 11 is 3.37. The van der Waals surface area contributed by atoms with Crippen molar-refractivity contribution < 1.29 is 18.7 Å². The van der Waals surface area contributed by atoms with Gasteiger partial charge in [-0.3, -0.25) is 4.99 Å². The highest BCUT2D eigenvalue weighted by Gasteiger charge is 2.13. The number of methoxy groups -OCH3 is 1. The van der Waals surface area contributed by atoms with E-state index in [-0.39, 0.29) is 11.6 Å². The molecule has 140 valence electrons. The summed E-state index contributed by atoms with van der Waals surface area (Å²) in [5.74, 6) is 0.0962. The SMILES string of the molecule is COc1ccc(Br)c(N=Cc2ccc3oc(-c4ccccc4F)nc3c2)c1O. The van der Waals surface area contributed by atoms with Crippen LogP contribution in [0, 0.1) is 5.82 Å². The van der Waals surface area contributed by atoms with Gasteiger partial charge in [0.15, 0.2) is 17.1 Å². The molecule has 0 amide bonds. The van der Waals surface area contributed by atoms with Gasteiger partial charge in [-0.2, -0.15) is 0 Å². The number of aromatic nitrogens is 1. The number of benzene rings is 3. The summed E-state index contributed by atoms with van der Waals surface area (Å²) in [5, 5.41) is 10.2. The molecule has 0 aliphatic heterocycles. The Labute approximate surface area is 168 Å². The van der Waals surface area contributed by atoms with Crippen LogP contribution in [0.5, 0.6) is 11.5 Å². The first-order valence-corrected chi connectivity index (χ1v) is 9.11. The van der Waals surface area contributed by atoms with Gasteiger partial charge >= 0.3 is 0 Å². The number of fused-ring (bicyclic) bond motifs is 1. The van der Waals surface area contributed by atoms with Crippen LogP contribution >= 0.6 is 15.9 Å². The third-order valence-electron chi connectivity index (χ3n) is 4.14. The summed E-state index contributed by atoms with van der Waals surface area (Å²) < 4.78 is 25.4. The first-order valence-electron chi connectivity index (χ1n) is 8.32. The number of phenols is 1. The third kappa shape index (κ3) is 3.36. The lowest BCUT2D eigenvalue weighted by Gasteiger charge is -2.07.